The highest BCUT2D eigenvalue weighted by Crippen LogP contribution is 2.47. The molecule has 27 heavy (non-hydrogen) atoms. The molecule has 0 aromatic rings. The number of hydrogen-bond acceptors (Lipinski definition) is 5. The summed E-state index contributed by atoms with van der Waals surface area (Å²) in [5.41, 5.74) is 2.46. The van der Waals surface area contributed by atoms with E-state index in [4.69, 9.17) is 14.2 Å². The lowest BCUT2D eigenvalue weighted by molar-refractivity contribution is -0.151. The van der Waals surface area contributed by atoms with Crippen molar-refractivity contribution < 1.29 is 23.8 Å². The molecule has 2 heterocycles. The van der Waals surface area contributed by atoms with Crippen LogP contribution in [-0.2, 0) is 23.8 Å². The summed E-state index contributed by atoms with van der Waals surface area (Å²) in [6, 6.07) is 0. The Bertz CT molecular complexity index is 703. The van der Waals surface area contributed by atoms with E-state index in [0.29, 0.717) is 12.0 Å². The first-order valence-electron chi connectivity index (χ1n) is 9.78. The highest BCUT2D eigenvalue weighted by Gasteiger charge is 2.60. The molecule has 5 heteroatoms. The van der Waals surface area contributed by atoms with E-state index < -0.39 is 11.7 Å². The van der Waals surface area contributed by atoms with E-state index in [1.54, 1.807) is 0 Å². The van der Waals surface area contributed by atoms with E-state index in [9.17, 15) is 9.59 Å². The first kappa shape index (κ1) is 19.9. The van der Waals surface area contributed by atoms with Gasteiger partial charge in [-0.3, -0.25) is 4.79 Å². The van der Waals surface area contributed by atoms with Gasteiger partial charge in [-0.25, -0.2) is 4.79 Å². The molecule has 3 aliphatic rings. The summed E-state index contributed by atoms with van der Waals surface area (Å²) >= 11 is 0. The highest BCUT2D eigenvalue weighted by molar-refractivity contribution is 5.91. The Balaban J connectivity index is 1.91. The van der Waals surface area contributed by atoms with Crippen molar-refractivity contribution in [2.24, 2.45) is 5.92 Å². The van der Waals surface area contributed by atoms with Crippen LogP contribution in [0.25, 0.3) is 0 Å². The Labute approximate surface area is 161 Å². The quantitative estimate of drug-likeness (QED) is 0.300. The molecule has 0 amide bonds. The summed E-state index contributed by atoms with van der Waals surface area (Å²) in [7, 11) is 0. The Kier molecular flexibility index (Phi) is 5.61. The van der Waals surface area contributed by atoms with Gasteiger partial charge in [-0.15, -0.1) is 0 Å². The molecular weight excluding hydrogens is 344 g/mol. The first-order chi connectivity index (χ1) is 12.7. The Morgan fingerprint density at radius 3 is 2.74 bits per heavy atom. The number of esters is 2. The van der Waals surface area contributed by atoms with Crippen LogP contribution in [0.1, 0.15) is 59.8 Å². The monoisotopic (exact) mass is 374 g/mol. The number of allylic oxidation sites excluding steroid dienone is 3. The molecule has 0 radical (unpaired) electrons. The molecule has 0 unspecified atom stereocenters. The van der Waals surface area contributed by atoms with Crippen molar-refractivity contribution in [1.82, 2.24) is 0 Å². The predicted molar refractivity (Wildman–Crippen MR) is 102 cm³/mol. The van der Waals surface area contributed by atoms with Crippen LogP contribution in [0.15, 0.2) is 35.5 Å². The van der Waals surface area contributed by atoms with Gasteiger partial charge in [0.25, 0.3) is 0 Å². The first-order valence-corrected chi connectivity index (χ1v) is 9.78. The topological polar surface area (TPSA) is 65.1 Å². The van der Waals surface area contributed by atoms with Crippen LogP contribution in [0.5, 0.6) is 0 Å². The van der Waals surface area contributed by atoms with Crippen LogP contribution < -0.4 is 0 Å². The molecule has 0 aromatic carbocycles. The highest BCUT2D eigenvalue weighted by atomic mass is 16.6. The van der Waals surface area contributed by atoms with Gasteiger partial charge >= 0.3 is 11.9 Å². The Morgan fingerprint density at radius 2 is 2.04 bits per heavy atom. The van der Waals surface area contributed by atoms with Gasteiger partial charge in [0, 0.05) is 18.4 Å². The van der Waals surface area contributed by atoms with Gasteiger partial charge in [-0.2, -0.15) is 0 Å². The molecule has 3 rings (SSSR count). The van der Waals surface area contributed by atoms with Crippen molar-refractivity contribution in [1.29, 1.82) is 0 Å². The molecule has 0 spiro atoms. The maximum Gasteiger partial charge on any atom is 0.334 e. The van der Waals surface area contributed by atoms with Crippen LogP contribution in [-0.4, -0.2) is 35.9 Å². The predicted octanol–water partition coefficient (Wildman–Crippen LogP) is 4.03. The standard InChI is InChI=1S/C22H30O5/c1-13-7-6-8-14(2)11-18-17(15(3)21(24)26-18)12-20(25-16(4)23)22(5)19(27-22)10-9-13/h7,11,17-20H,3,6,8-10,12H2,1-2,4-5H3/b13-7+,14-11+/t17-,18-,19-,20+,22+/m0/s1. The number of carbonyl (C=O) groups excluding carboxylic acids is 2. The molecule has 0 aromatic heterocycles. The molecule has 148 valence electrons. The molecule has 5 atom stereocenters. The average molecular weight is 374 g/mol. The zero-order valence-corrected chi connectivity index (χ0v) is 16.7. The van der Waals surface area contributed by atoms with Crippen LogP contribution in [0.2, 0.25) is 0 Å². The van der Waals surface area contributed by atoms with Crippen LogP contribution in [0, 0.1) is 5.92 Å². The fourth-order valence-corrected chi connectivity index (χ4v) is 4.16. The van der Waals surface area contributed by atoms with Gasteiger partial charge in [0.1, 0.15) is 17.8 Å². The van der Waals surface area contributed by atoms with Crippen molar-refractivity contribution >= 4 is 11.9 Å². The van der Waals surface area contributed by atoms with Gasteiger partial charge in [-0.05, 0) is 59.0 Å². The lowest BCUT2D eigenvalue weighted by Gasteiger charge is -2.26. The summed E-state index contributed by atoms with van der Waals surface area (Å²) in [5.74, 6) is -0.917. The fourth-order valence-electron chi connectivity index (χ4n) is 4.16. The second-order valence-electron chi connectivity index (χ2n) is 8.27. The lowest BCUT2D eigenvalue weighted by Crippen LogP contribution is -2.37. The van der Waals surface area contributed by atoms with Gasteiger partial charge in [0.15, 0.2) is 0 Å². The van der Waals surface area contributed by atoms with E-state index >= 15 is 0 Å². The minimum Gasteiger partial charge on any atom is -0.459 e. The molecule has 2 fully saturated rings. The van der Waals surface area contributed by atoms with Crippen molar-refractivity contribution in [2.75, 3.05) is 0 Å². The number of rotatable bonds is 1. The summed E-state index contributed by atoms with van der Waals surface area (Å²) in [6.45, 7) is 11.5. The molecule has 5 nitrogen and oxygen atoms in total. The zero-order chi connectivity index (χ0) is 19.8. The lowest BCUT2D eigenvalue weighted by atomic mass is 9.84. The number of epoxide rings is 1. The largest absolute Gasteiger partial charge is 0.459 e. The second-order valence-corrected chi connectivity index (χ2v) is 8.27. The maximum absolute atomic E-state index is 12.1. The Morgan fingerprint density at radius 1 is 1.30 bits per heavy atom. The summed E-state index contributed by atoms with van der Waals surface area (Å²) in [4.78, 5) is 23.8. The number of carbonyl (C=O) groups is 2. The minimum atomic E-state index is -0.523. The number of fused-ring (bicyclic) bond motifs is 2. The minimum absolute atomic E-state index is 0.0511. The zero-order valence-electron chi connectivity index (χ0n) is 16.7. The van der Waals surface area contributed by atoms with Gasteiger partial charge in [-0.1, -0.05) is 23.8 Å². The fraction of sp³-hybridized carbons (Fsp3) is 0.636. The van der Waals surface area contributed by atoms with E-state index in [1.807, 2.05) is 13.0 Å². The molecule has 2 saturated heterocycles. The summed E-state index contributed by atoms with van der Waals surface area (Å²) in [5, 5.41) is 0. The third-order valence-corrected chi connectivity index (χ3v) is 6.02. The molecule has 2 aliphatic heterocycles. The van der Waals surface area contributed by atoms with Gasteiger partial charge < -0.3 is 14.2 Å². The molecule has 0 bridgehead atoms. The van der Waals surface area contributed by atoms with E-state index in [2.05, 4.69) is 26.5 Å². The second kappa shape index (κ2) is 7.63. The van der Waals surface area contributed by atoms with Gasteiger partial charge in [0.05, 0.1) is 6.10 Å². The SMILES string of the molecule is C=C1C(=O)O[C@H]2/C=C(\C)CC/C=C(\C)CC[C@@H]3O[C@@]3(C)[C@H](OC(C)=O)C[C@@H]12. The molecule has 0 saturated carbocycles. The average Bonchev–Trinajstić information content (AvgIpc) is 3.18. The van der Waals surface area contributed by atoms with E-state index in [-0.39, 0.29) is 30.1 Å². The number of ether oxygens (including phenoxy) is 3. The third kappa shape index (κ3) is 4.34. The molecule has 0 N–H and O–H groups in total. The summed E-state index contributed by atoms with van der Waals surface area (Å²) in [6.07, 6.45) is 7.78. The van der Waals surface area contributed by atoms with Crippen molar-refractivity contribution in [3.8, 4) is 0 Å². The van der Waals surface area contributed by atoms with Crippen molar-refractivity contribution in [2.45, 2.75) is 83.7 Å². The molecule has 1 aliphatic carbocycles. The number of hydrogen-bond donors (Lipinski definition) is 0. The maximum atomic E-state index is 12.1. The smallest absolute Gasteiger partial charge is 0.334 e. The third-order valence-electron chi connectivity index (χ3n) is 6.02. The van der Waals surface area contributed by atoms with E-state index in [0.717, 1.165) is 25.7 Å². The van der Waals surface area contributed by atoms with Crippen molar-refractivity contribution in [3.63, 3.8) is 0 Å². The van der Waals surface area contributed by atoms with Crippen LogP contribution >= 0.6 is 0 Å². The van der Waals surface area contributed by atoms with E-state index in [1.165, 1.54) is 18.1 Å². The Hall–Kier alpha value is -1.88. The van der Waals surface area contributed by atoms with Crippen LogP contribution in [0.3, 0.4) is 0 Å². The van der Waals surface area contributed by atoms with Crippen molar-refractivity contribution in [3.05, 3.63) is 35.5 Å². The molecular formula is C22H30O5. The normalized spacial score (nSPS) is 41.0. The van der Waals surface area contributed by atoms with Gasteiger partial charge in [0.2, 0.25) is 0 Å². The summed E-state index contributed by atoms with van der Waals surface area (Å²) < 4.78 is 17.2. The van der Waals surface area contributed by atoms with Crippen LogP contribution in [0.4, 0.5) is 0 Å².